The monoisotopic (exact) mass is 193 g/mol. The quantitative estimate of drug-likeness (QED) is 0.744. The minimum absolute atomic E-state index is 0.244. The molecule has 0 fully saturated rings. The van der Waals surface area contributed by atoms with Crippen molar-refractivity contribution >= 4 is 0 Å². The van der Waals surface area contributed by atoms with Crippen LogP contribution in [0, 0.1) is 5.92 Å². The number of rotatable bonds is 2. The zero-order valence-corrected chi connectivity index (χ0v) is 8.07. The molecule has 0 bridgehead atoms. The Hall–Kier alpha value is -1.22. The van der Waals surface area contributed by atoms with Crippen LogP contribution in [0.15, 0.2) is 18.2 Å². The molecule has 0 aliphatic carbocycles. The number of hydrogen-bond donors (Lipinski definition) is 2. The Balaban J connectivity index is 2.18. The number of phenols is 1. The van der Waals surface area contributed by atoms with Crippen LogP contribution in [0.5, 0.6) is 11.5 Å². The fraction of sp³-hybridized carbons (Fsp3) is 0.455. The van der Waals surface area contributed by atoms with Crippen LogP contribution in [0.4, 0.5) is 0 Å². The van der Waals surface area contributed by atoms with Crippen molar-refractivity contribution in [2.75, 3.05) is 13.2 Å². The lowest BCUT2D eigenvalue weighted by atomic mass is 9.94. The summed E-state index contributed by atoms with van der Waals surface area (Å²) in [5, 5.41) is 9.52. The molecule has 3 nitrogen and oxygen atoms in total. The zero-order valence-electron chi connectivity index (χ0n) is 8.07. The predicted molar refractivity (Wildman–Crippen MR) is 54.5 cm³/mol. The summed E-state index contributed by atoms with van der Waals surface area (Å²) in [6, 6.07) is 5.50. The van der Waals surface area contributed by atoms with Crippen molar-refractivity contribution in [1.82, 2.24) is 0 Å². The van der Waals surface area contributed by atoms with Crippen LogP contribution in [-0.4, -0.2) is 18.3 Å². The maximum Gasteiger partial charge on any atom is 0.164 e. The Kier molecular flexibility index (Phi) is 2.59. The minimum Gasteiger partial charge on any atom is -0.504 e. The average Bonchev–Trinajstić information content (AvgIpc) is 2.18. The van der Waals surface area contributed by atoms with Gasteiger partial charge < -0.3 is 15.6 Å². The normalized spacial score (nSPS) is 19.9. The molecule has 14 heavy (non-hydrogen) atoms. The average molecular weight is 193 g/mol. The Labute approximate surface area is 83.5 Å². The molecule has 3 heteroatoms. The number of fused-ring (bicyclic) bond motifs is 1. The molecule has 1 heterocycles. The molecule has 0 spiro atoms. The van der Waals surface area contributed by atoms with E-state index in [1.54, 1.807) is 6.07 Å². The lowest BCUT2D eigenvalue weighted by molar-refractivity contribution is 0.207. The van der Waals surface area contributed by atoms with Crippen molar-refractivity contribution < 1.29 is 9.84 Å². The van der Waals surface area contributed by atoms with E-state index in [2.05, 4.69) is 0 Å². The Morgan fingerprint density at radius 2 is 2.36 bits per heavy atom. The predicted octanol–water partition coefficient (Wildman–Crippen LogP) is 1.29. The molecule has 1 aromatic carbocycles. The maximum absolute atomic E-state index is 9.52. The molecular formula is C11H15NO2. The number of ether oxygens (including phenoxy) is 1. The van der Waals surface area contributed by atoms with Gasteiger partial charge >= 0.3 is 0 Å². The zero-order chi connectivity index (χ0) is 9.97. The first-order valence-electron chi connectivity index (χ1n) is 4.95. The third kappa shape index (κ3) is 1.68. The second-order valence-electron chi connectivity index (χ2n) is 3.72. The van der Waals surface area contributed by atoms with E-state index in [0.717, 1.165) is 18.4 Å². The first-order chi connectivity index (χ1) is 6.81. The van der Waals surface area contributed by atoms with Gasteiger partial charge in [0.1, 0.15) is 0 Å². The van der Waals surface area contributed by atoms with E-state index in [0.29, 0.717) is 24.8 Å². The fourth-order valence-corrected chi connectivity index (χ4v) is 1.89. The summed E-state index contributed by atoms with van der Waals surface area (Å²) in [7, 11) is 0. The van der Waals surface area contributed by atoms with E-state index in [-0.39, 0.29) is 5.75 Å². The van der Waals surface area contributed by atoms with Gasteiger partial charge in [0.05, 0.1) is 6.61 Å². The second-order valence-corrected chi connectivity index (χ2v) is 3.72. The molecule has 1 unspecified atom stereocenters. The van der Waals surface area contributed by atoms with Gasteiger partial charge in [-0.2, -0.15) is 0 Å². The second kappa shape index (κ2) is 3.88. The van der Waals surface area contributed by atoms with Gasteiger partial charge in [0, 0.05) is 0 Å². The highest BCUT2D eigenvalue weighted by atomic mass is 16.5. The Morgan fingerprint density at radius 1 is 1.50 bits per heavy atom. The van der Waals surface area contributed by atoms with Gasteiger partial charge in [-0.3, -0.25) is 0 Å². The summed E-state index contributed by atoms with van der Waals surface area (Å²) in [5.74, 6) is 1.39. The molecule has 1 aliphatic heterocycles. The fourth-order valence-electron chi connectivity index (χ4n) is 1.89. The first kappa shape index (κ1) is 9.34. The van der Waals surface area contributed by atoms with Crippen LogP contribution in [0.3, 0.4) is 0 Å². The SMILES string of the molecule is NCCC1COc2c(O)cccc2C1. The Bertz CT molecular complexity index is 325. The van der Waals surface area contributed by atoms with Crippen LogP contribution >= 0.6 is 0 Å². The number of hydrogen-bond acceptors (Lipinski definition) is 3. The number of aromatic hydroxyl groups is 1. The van der Waals surface area contributed by atoms with Gasteiger partial charge in [-0.05, 0) is 36.9 Å². The van der Waals surface area contributed by atoms with Crippen molar-refractivity contribution in [3.63, 3.8) is 0 Å². The summed E-state index contributed by atoms with van der Waals surface area (Å²) >= 11 is 0. The largest absolute Gasteiger partial charge is 0.504 e. The van der Waals surface area contributed by atoms with E-state index in [1.165, 1.54) is 0 Å². The number of benzene rings is 1. The van der Waals surface area contributed by atoms with Crippen molar-refractivity contribution in [3.05, 3.63) is 23.8 Å². The number of phenolic OH excluding ortho intramolecular Hbond substituents is 1. The Morgan fingerprint density at radius 3 is 3.14 bits per heavy atom. The van der Waals surface area contributed by atoms with Gasteiger partial charge in [-0.15, -0.1) is 0 Å². The van der Waals surface area contributed by atoms with Crippen LogP contribution < -0.4 is 10.5 Å². The lowest BCUT2D eigenvalue weighted by Gasteiger charge is -2.25. The molecule has 1 aromatic rings. The summed E-state index contributed by atoms with van der Waals surface area (Å²) in [6.07, 6.45) is 1.94. The lowest BCUT2D eigenvalue weighted by Crippen LogP contribution is -2.23. The van der Waals surface area contributed by atoms with E-state index < -0.39 is 0 Å². The standard InChI is InChI=1S/C11H15NO2/c12-5-4-8-6-9-2-1-3-10(13)11(9)14-7-8/h1-3,8,13H,4-7,12H2. The van der Waals surface area contributed by atoms with Gasteiger partial charge in [-0.25, -0.2) is 0 Å². The van der Waals surface area contributed by atoms with E-state index in [9.17, 15) is 5.11 Å². The number of para-hydroxylation sites is 1. The van der Waals surface area contributed by atoms with Gasteiger partial charge in [0.2, 0.25) is 0 Å². The molecule has 0 saturated heterocycles. The van der Waals surface area contributed by atoms with Gasteiger partial charge in [0.25, 0.3) is 0 Å². The molecule has 1 aliphatic rings. The molecular weight excluding hydrogens is 178 g/mol. The molecule has 2 rings (SSSR count). The first-order valence-corrected chi connectivity index (χ1v) is 4.95. The highest BCUT2D eigenvalue weighted by Crippen LogP contribution is 2.35. The minimum atomic E-state index is 0.244. The summed E-state index contributed by atoms with van der Waals surface area (Å²) in [5.41, 5.74) is 6.60. The molecule has 0 radical (unpaired) electrons. The van der Waals surface area contributed by atoms with E-state index in [4.69, 9.17) is 10.5 Å². The third-order valence-electron chi connectivity index (χ3n) is 2.62. The maximum atomic E-state index is 9.52. The summed E-state index contributed by atoms with van der Waals surface area (Å²) in [4.78, 5) is 0. The smallest absolute Gasteiger partial charge is 0.164 e. The van der Waals surface area contributed by atoms with Crippen LogP contribution in [0.1, 0.15) is 12.0 Å². The molecule has 0 saturated carbocycles. The summed E-state index contributed by atoms with van der Waals surface area (Å²) < 4.78 is 5.51. The molecule has 3 N–H and O–H groups in total. The van der Waals surface area contributed by atoms with E-state index >= 15 is 0 Å². The van der Waals surface area contributed by atoms with E-state index in [1.807, 2.05) is 12.1 Å². The van der Waals surface area contributed by atoms with Crippen molar-refractivity contribution in [3.8, 4) is 11.5 Å². The van der Waals surface area contributed by atoms with Crippen molar-refractivity contribution in [1.29, 1.82) is 0 Å². The van der Waals surface area contributed by atoms with Gasteiger partial charge in [0.15, 0.2) is 11.5 Å². The topological polar surface area (TPSA) is 55.5 Å². The highest BCUT2D eigenvalue weighted by Gasteiger charge is 2.21. The summed E-state index contributed by atoms with van der Waals surface area (Å²) in [6.45, 7) is 1.37. The van der Waals surface area contributed by atoms with Crippen LogP contribution in [0.2, 0.25) is 0 Å². The van der Waals surface area contributed by atoms with Crippen LogP contribution in [0.25, 0.3) is 0 Å². The van der Waals surface area contributed by atoms with Crippen molar-refractivity contribution in [2.24, 2.45) is 11.7 Å². The highest BCUT2D eigenvalue weighted by molar-refractivity contribution is 5.46. The number of nitrogens with two attached hydrogens (primary N) is 1. The third-order valence-corrected chi connectivity index (χ3v) is 2.62. The van der Waals surface area contributed by atoms with Crippen molar-refractivity contribution in [2.45, 2.75) is 12.8 Å². The molecule has 0 aromatic heterocycles. The molecule has 76 valence electrons. The van der Waals surface area contributed by atoms with Crippen LogP contribution in [-0.2, 0) is 6.42 Å². The van der Waals surface area contributed by atoms with Gasteiger partial charge in [-0.1, -0.05) is 12.1 Å². The molecule has 0 amide bonds. The molecule has 1 atom stereocenters.